The summed E-state index contributed by atoms with van der Waals surface area (Å²) in [6.07, 6.45) is 1.83. The van der Waals surface area contributed by atoms with Crippen molar-refractivity contribution in [2.24, 2.45) is 0 Å². The Labute approximate surface area is 43.3 Å². The van der Waals surface area contributed by atoms with E-state index < -0.39 is 0 Å². The molecule has 0 aromatic rings. The first kappa shape index (κ1) is 4.44. The lowest BCUT2D eigenvalue weighted by atomic mass is 10.3. The molecule has 0 aromatic heterocycles. The van der Waals surface area contributed by atoms with Crippen LogP contribution in [0.25, 0.3) is 0 Å². The van der Waals surface area contributed by atoms with E-state index in [0.717, 1.165) is 11.3 Å². The summed E-state index contributed by atoms with van der Waals surface area (Å²) in [6, 6.07) is 0. The van der Waals surface area contributed by atoms with E-state index in [-0.39, 0.29) is 0 Å². The predicted molar refractivity (Wildman–Crippen MR) is 27.5 cm³/mol. The van der Waals surface area contributed by atoms with Gasteiger partial charge in [0.1, 0.15) is 6.61 Å². The summed E-state index contributed by atoms with van der Waals surface area (Å²) >= 11 is 0. The van der Waals surface area contributed by atoms with Crippen LogP contribution < -0.4 is 0 Å². The van der Waals surface area contributed by atoms with Crippen molar-refractivity contribution in [3.63, 3.8) is 0 Å². The number of hydrogen-bond acceptors (Lipinski definition) is 1. The topological polar surface area (TPSA) is 9.23 Å². The normalized spacial score (nSPS) is 19.0. The summed E-state index contributed by atoms with van der Waals surface area (Å²) in [5.74, 6) is 0.914. The quantitative estimate of drug-likeness (QED) is 0.440. The van der Waals surface area contributed by atoms with Crippen LogP contribution in [-0.4, -0.2) is 6.61 Å². The summed E-state index contributed by atoms with van der Waals surface area (Å²) in [5.41, 5.74) is 0.817. The van der Waals surface area contributed by atoms with Crippen LogP contribution in [0.4, 0.5) is 0 Å². The minimum absolute atomic E-state index is 0.575. The third kappa shape index (κ3) is 0.829. The zero-order valence-electron chi connectivity index (χ0n) is 4.27. The Morgan fingerprint density at radius 1 is 1.86 bits per heavy atom. The van der Waals surface area contributed by atoms with Crippen molar-refractivity contribution in [2.75, 3.05) is 6.61 Å². The molecule has 0 fully saturated rings. The van der Waals surface area contributed by atoms with E-state index in [1.807, 2.05) is 13.0 Å². The molecular weight excluding hydrogens is 88.1 g/mol. The summed E-state index contributed by atoms with van der Waals surface area (Å²) in [4.78, 5) is 0. The molecule has 1 aliphatic rings. The SMILES string of the molecule is [CH]=C1C=C(C)OC1. The van der Waals surface area contributed by atoms with E-state index in [1.165, 1.54) is 0 Å². The van der Waals surface area contributed by atoms with Gasteiger partial charge in [0.15, 0.2) is 0 Å². The largest absolute Gasteiger partial charge is 0.494 e. The number of hydrogen-bond donors (Lipinski definition) is 0. The summed E-state index contributed by atoms with van der Waals surface area (Å²) in [6.45, 7) is 7.80. The monoisotopic (exact) mass is 95.0 g/mol. The molecule has 0 saturated carbocycles. The molecule has 0 unspecified atom stereocenters. The molecule has 0 aliphatic carbocycles. The van der Waals surface area contributed by atoms with E-state index >= 15 is 0 Å². The van der Waals surface area contributed by atoms with Crippen molar-refractivity contribution in [2.45, 2.75) is 6.92 Å². The zero-order valence-corrected chi connectivity index (χ0v) is 4.27. The van der Waals surface area contributed by atoms with E-state index in [4.69, 9.17) is 11.3 Å². The maximum atomic E-state index is 5.34. The Morgan fingerprint density at radius 3 is 2.71 bits per heavy atom. The molecule has 0 saturated heterocycles. The maximum absolute atomic E-state index is 5.34. The van der Waals surface area contributed by atoms with Crippen LogP contribution in [0.5, 0.6) is 0 Å². The van der Waals surface area contributed by atoms with Gasteiger partial charge in [0.25, 0.3) is 0 Å². The van der Waals surface area contributed by atoms with Gasteiger partial charge < -0.3 is 4.74 Å². The third-order valence-electron chi connectivity index (χ3n) is 0.855. The number of allylic oxidation sites excluding steroid dienone is 1. The Balaban J connectivity index is 2.67. The van der Waals surface area contributed by atoms with Crippen LogP contribution >= 0.6 is 0 Å². The van der Waals surface area contributed by atoms with Gasteiger partial charge in [0, 0.05) is 0 Å². The molecule has 1 radical (unpaired) electrons. The molecule has 0 N–H and O–H groups in total. The maximum Gasteiger partial charge on any atom is 0.113 e. The molecule has 7 heavy (non-hydrogen) atoms. The van der Waals surface area contributed by atoms with E-state index in [1.54, 1.807) is 0 Å². The molecule has 0 bridgehead atoms. The van der Waals surface area contributed by atoms with E-state index in [9.17, 15) is 0 Å². The van der Waals surface area contributed by atoms with Gasteiger partial charge in [-0.05, 0) is 18.6 Å². The second-order valence-electron chi connectivity index (χ2n) is 1.62. The molecule has 0 aromatic carbocycles. The fourth-order valence-electron chi connectivity index (χ4n) is 0.542. The molecule has 0 spiro atoms. The molecule has 0 atom stereocenters. The van der Waals surface area contributed by atoms with Crippen LogP contribution in [0.1, 0.15) is 6.92 Å². The fraction of sp³-hybridized carbons (Fsp3) is 0.333. The Morgan fingerprint density at radius 2 is 2.57 bits per heavy atom. The smallest absolute Gasteiger partial charge is 0.113 e. The summed E-state index contributed by atoms with van der Waals surface area (Å²) in [5, 5.41) is 0. The average Bonchev–Trinajstić information content (AvgIpc) is 1.87. The van der Waals surface area contributed by atoms with Crippen molar-refractivity contribution < 1.29 is 4.74 Å². The van der Waals surface area contributed by atoms with Gasteiger partial charge in [0.2, 0.25) is 0 Å². The van der Waals surface area contributed by atoms with Crippen molar-refractivity contribution in [1.29, 1.82) is 0 Å². The average molecular weight is 95.1 g/mol. The van der Waals surface area contributed by atoms with Crippen LogP contribution in [0, 0.1) is 6.58 Å². The van der Waals surface area contributed by atoms with Crippen LogP contribution in [0.15, 0.2) is 17.4 Å². The van der Waals surface area contributed by atoms with Crippen LogP contribution in [-0.2, 0) is 4.74 Å². The standard InChI is InChI=1S/C6H7O/c1-5-3-6(2)7-4-5/h1,3H,4H2,2H3. The molecule has 37 valence electrons. The number of rotatable bonds is 0. The van der Waals surface area contributed by atoms with Crippen molar-refractivity contribution in [3.05, 3.63) is 24.0 Å². The minimum atomic E-state index is 0.575. The molecule has 1 aliphatic heterocycles. The molecular formula is C6H7O. The Hall–Kier alpha value is -0.720. The highest BCUT2D eigenvalue weighted by Crippen LogP contribution is 2.10. The lowest BCUT2D eigenvalue weighted by Gasteiger charge is -1.90. The van der Waals surface area contributed by atoms with Crippen molar-refractivity contribution >= 4 is 0 Å². The lowest BCUT2D eigenvalue weighted by molar-refractivity contribution is 0.263. The van der Waals surface area contributed by atoms with Gasteiger partial charge in [-0.1, -0.05) is 6.58 Å². The second-order valence-corrected chi connectivity index (χ2v) is 1.62. The molecule has 1 rings (SSSR count). The molecule has 1 heterocycles. The van der Waals surface area contributed by atoms with Crippen molar-refractivity contribution in [3.8, 4) is 0 Å². The van der Waals surface area contributed by atoms with Gasteiger partial charge >= 0.3 is 0 Å². The third-order valence-corrected chi connectivity index (χ3v) is 0.855. The molecule has 0 amide bonds. The Bertz CT molecular complexity index is 122. The highest BCUT2D eigenvalue weighted by atomic mass is 16.5. The highest BCUT2D eigenvalue weighted by Gasteiger charge is 2.00. The summed E-state index contributed by atoms with van der Waals surface area (Å²) in [7, 11) is 0. The van der Waals surface area contributed by atoms with Crippen molar-refractivity contribution in [1.82, 2.24) is 0 Å². The highest BCUT2D eigenvalue weighted by molar-refractivity contribution is 5.20. The molecule has 1 heteroatoms. The van der Waals surface area contributed by atoms with E-state index in [0.29, 0.717) is 6.61 Å². The second kappa shape index (κ2) is 1.41. The minimum Gasteiger partial charge on any atom is -0.494 e. The summed E-state index contributed by atoms with van der Waals surface area (Å²) < 4.78 is 4.96. The van der Waals surface area contributed by atoms with Gasteiger partial charge in [-0.25, -0.2) is 0 Å². The van der Waals surface area contributed by atoms with Crippen LogP contribution in [0.3, 0.4) is 0 Å². The number of ether oxygens (including phenoxy) is 1. The fourth-order valence-corrected chi connectivity index (χ4v) is 0.542. The Kier molecular flexibility index (Phi) is 0.895. The van der Waals surface area contributed by atoms with Crippen LogP contribution in [0.2, 0.25) is 0 Å². The van der Waals surface area contributed by atoms with E-state index in [2.05, 4.69) is 0 Å². The first-order valence-corrected chi connectivity index (χ1v) is 2.21. The first-order valence-electron chi connectivity index (χ1n) is 2.21. The van der Waals surface area contributed by atoms with Gasteiger partial charge in [-0.3, -0.25) is 0 Å². The predicted octanol–water partition coefficient (Wildman–Crippen LogP) is 1.28. The van der Waals surface area contributed by atoms with Gasteiger partial charge in [-0.15, -0.1) is 0 Å². The zero-order chi connectivity index (χ0) is 5.28. The lowest BCUT2D eigenvalue weighted by Crippen LogP contribution is -1.79. The first-order chi connectivity index (χ1) is 3.29. The van der Waals surface area contributed by atoms with Gasteiger partial charge in [-0.2, -0.15) is 0 Å². The molecule has 1 nitrogen and oxygen atoms in total. The van der Waals surface area contributed by atoms with Gasteiger partial charge in [0.05, 0.1) is 5.76 Å².